The molecule has 2 aromatic heterocycles. The molecule has 8 aromatic rings. The van der Waals surface area contributed by atoms with Crippen molar-refractivity contribution in [1.29, 1.82) is 0 Å². The number of amides is 12. The van der Waals surface area contributed by atoms with Crippen LogP contribution < -0.4 is 78.8 Å². The van der Waals surface area contributed by atoms with Crippen molar-refractivity contribution in [3.8, 4) is 38.1 Å². The number of nitrogens with zero attached hydrogens (tertiary/aromatic N) is 6. The molecule has 758 valence electrons. The zero-order chi connectivity index (χ0) is 102. The van der Waals surface area contributed by atoms with E-state index in [-0.39, 0.29) is 120 Å². The zero-order valence-electron chi connectivity index (χ0n) is 82.2. The number of ether oxygens (including phenoxy) is 3. The number of unbranched alkanes of at least 4 members (excludes halogenated alkanes) is 4. The molecule has 15 N–H and O–H groups in total. The number of carbonyl (C=O) groups excluding carboxylic acids is 12. The molecule has 12 amide bonds. The van der Waals surface area contributed by atoms with E-state index in [1.54, 1.807) is 58.8 Å². The molecule has 36 heteroatoms. The lowest BCUT2D eigenvalue weighted by molar-refractivity contribution is -0.144. The molecule has 0 saturated carbocycles. The van der Waals surface area contributed by atoms with Gasteiger partial charge >= 0.3 is 0 Å². The number of carbonyl (C=O) groups is 12. The number of anilines is 2. The highest BCUT2D eigenvalue weighted by molar-refractivity contribution is 7.13. The van der Waals surface area contributed by atoms with Crippen LogP contribution in [-0.2, 0) is 96.1 Å². The van der Waals surface area contributed by atoms with Crippen LogP contribution in [0.1, 0.15) is 226 Å². The molecule has 0 unspecified atom stereocenters. The molecule has 8 heterocycles. The molecule has 0 spiro atoms. The van der Waals surface area contributed by atoms with Crippen molar-refractivity contribution < 1.29 is 76.9 Å². The number of benzene rings is 6. The predicted octanol–water partition coefficient (Wildman–Crippen LogP) is 11.6. The second-order valence-corrected chi connectivity index (χ2v) is 43.2. The number of aromatic nitrogens is 2. The van der Waals surface area contributed by atoms with Crippen LogP contribution >= 0.6 is 45.9 Å². The number of thiazole rings is 2. The Bertz CT molecular complexity index is 5980. The third-order valence-corrected chi connectivity index (χ3v) is 30.4. The van der Waals surface area contributed by atoms with Gasteiger partial charge in [0.1, 0.15) is 72.8 Å². The molecule has 0 radical (unpaired) electrons. The van der Waals surface area contributed by atoms with E-state index < -0.39 is 149 Å². The number of rotatable bonds is 42. The fourth-order valence-electron chi connectivity index (χ4n) is 19.8. The summed E-state index contributed by atoms with van der Waals surface area (Å²) in [7, 11) is 0. The summed E-state index contributed by atoms with van der Waals surface area (Å²) in [5.74, 6) is -4.32. The lowest BCUT2D eigenvalue weighted by atomic mass is 9.85. The molecule has 6 aromatic carbocycles. The number of hydrogen-bond acceptors (Lipinski definition) is 22. The molecule has 0 aliphatic carbocycles. The minimum absolute atomic E-state index is 0.0258. The van der Waals surface area contributed by atoms with Gasteiger partial charge in [-0.2, -0.15) is 0 Å². The molecular formula is C106H132Cl2N16O16S2. The maximum atomic E-state index is 15.6. The highest BCUT2D eigenvalue weighted by Crippen LogP contribution is 2.46. The number of aliphatic hydroxyl groups excluding tert-OH is 1. The number of nitrogens with one attached hydrogen (secondary N) is 6. The number of nitrogens with two attached hydrogens (primary N) is 4. The predicted molar refractivity (Wildman–Crippen MR) is 546 cm³/mol. The van der Waals surface area contributed by atoms with Crippen LogP contribution in [0.15, 0.2) is 126 Å². The second kappa shape index (κ2) is 46.6. The average molecular weight is 2020 g/mol. The number of aryl methyl sites for hydroxylation is 5. The molecule has 14 rings (SSSR count). The number of β-amino-alcohol motifs (C(OH)–C–C–N with tert-alkyl or cyclic N) is 1. The Morgan fingerprint density at radius 1 is 0.514 bits per heavy atom. The van der Waals surface area contributed by atoms with E-state index in [1.165, 1.54) is 30.9 Å². The summed E-state index contributed by atoms with van der Waals surface area (Å²) >= 11 is 16.7. The summed E-state index contributed by atoms with van der Waals surface area (Å²) in [6.07, 6.45) is 5.03. The Labute approximate surface area is 846 Å². The molecule has 142 heavy (non-hydrogen) atoms. The van der Waals surface area contributed by atoms with Gasteiger partial charge in [0.25, 0.3) is 0 Å². The van der Waals surface area contributed by atoms with Gasteiger partial charge in [-0.05, 0) is 202 Å². The zero-order valence-corrected chi connectivity index (χ0v) is 85.4. The second-order valence-electron chi connectivity index (χ2n) is 40.7. The Morgan fingerprint density at radius 3 is 1.53 bits per heavy atom. The van der Waals surface area contributed by atoms with Crippen LogP contribution in [0.2, 0.25) is 10.0 Å². The van der Waals surface area contributed by atoms with E-state index >= 15 is 14.4 Å². The van der Waals surface area contributed by atoms with Crippen molar-refractivity contribution in [1.82, 2.24) is 51.7 Å². The lowest BCUT2D eigenvalue weighted by Gasteiger charge is -2.35. The first-order chi connectivity index (χ1) is 67.6. The number of primary amides is 2. The summed E-state index contributed by atoms with van der Waals surface area (Å²) in [6.45, 7) is 18.4. The largest absolute Gasteiger partial charge is 0.491 e. The summed E-state index contributed by atoms with van der Waals surface area (Å²) in [4.78, 5) is 186. The molecule has 14 atom stereocenters. The Morgan fingerprint density at radius 2 is 1.00 bits per heavy atom. The standard InChI is InChI=1S/C106H132Cl2N16O16S2/c1-58(63-25-29-66(30-26-63)93-60(3)113-56-141-93)115-97(130)81-50-73(125)52-121(81)103(136)95(105(5,6)7)119-89(128)22-15-11-13-18-62-24-39-78(108)86(46-62)139-55-72(36-45-88(112)127)118-100(133)84-49-70-34-43-85(76-38-42-80(110)102(135)124(84)92(70)76)140-75-51-82(98(131)116-59(2)64-27-31-67(32-28-64)94-61(4)114-57-142-94)122(53-75)104(137)96(106(8,9)10)120-90(129)23-16-12-14-19-68-47-74(37-40-77(68)107)138-54-71(35-44-87(111)126)117-99(132)83-48-69-21-17-20-65-33-41-79(109)101(134)123(83)91(65)69/h17,20-21,24-32,34,37,39-40,43,46-47,56-59,71-73,75,79-84,95-96,125H,11-16,18-19,22-23,33,35-36,38,41-42,44-45,48-55,109-110H2,1-10H3,(H2,111,126)(H2,112,127)(H,115,130)(H,116,131)(H,117,132)(H,118,133)(H,119,128)(H,120,129)/t58-,59-,71-,72-,73+,75+,79-,80-,81-,82-,83-,84-,95+,96+/m0/s1. The van der Waals surface area contributed by atoms with E-state index in [1.807, 2.05) is 148 Å². The summed E-state index contributed by atoms with van der Waals surface area (Å²) in [6, 6.07) is 25.3. The molecule has 0 bridgehead atoms. The van der Waals surface area contributed by atoms with Crippen molar-refractivity contribution in [2.24, 2.45) is 33.8 Å². The van der Waals surface area contributed by atoms with E-state index in [2.05, 4.69) is 41.9 Å². The summed E-state index contributed by atoms with van der Waals surface area (Å²) in [5.41, 5.74) is 37.8. The van der Waals surface area contributed by atoms with Gasteiger partial charge in [-0.3, -0.25) is 67.3 Å². The summed E-state index contributed by atoms with van der Waals surface area (Å²) in [5, 5.41) is 30.0. The normalized spacial score (nSPS) is 20.0. The monoisotopic (exact) mass is 2020 g/mol. The van der Waals surface area contributed by atoms with Gasteiger partial charge in [0.2, 0.25) is 70.9 Å². The van der Waals surface area contributed by atoms with Gasteiger partial charge in [0.15, 0.2) is 0 Å². The molecule has 6 aliphatic heterocycles. The van der Waals surface area contributed by atoms with E-state index in [9.17, 15) is 48.3 Å². The fourth-order valence-corrected chi connectivity index (χ4v) is 21.9. The highest BCUT2D eigenvalue weighted by atomic mass is 35.5. The van der Waals surface area contributed by atoms with E-state index in [0.29, 0.717) is 110 Å². The quantitative estimate of drug-likeness (QED) is 0.0158. The molecule has 2 saturated heterocycles. The first-order valence-electron chi connectivity index (χ1n) is 49.2. The third-order valence-electron chi connectivity index (χ3n) is 27.8. The smallest absolute Gasteiger partial charge is 0.246 e. The van der Waals surface area contributed by atoms with Crippen LogP contribution in [0.4, 0.5) is 11.4 Å². The van der Waals surface area contributed by atoms with Crippen molar-refractivity contribution in [2.45, 2.75) is 295 Å². The topological polar surface area (TPSA) is 468 Å². The van der Waals surface area contributed by atoms with Crippen molar-refractivity contribution in [3.05, 3.63) is 192 Å². The molecule has 2 fully saturated rings. The number of likely N-dealkylation sites (tertiary alicyclic amines) is 2. The first kappa shape index (κ1) is 106. The van der Waals surface area contributed by atoms with Gasteiger partial charge in [-0.25, -0.2) is 9.97 Å². The number of para-hydroxylation sites is 1. The van der Waals surface area contributed by atoms with E-state index in [0.717, 1.165) is 71.3 Å². The van der Waals surface area contributed by atoms with Crippen molar-refractivity contribution in [2.75, 3.05) is 36.1 Å². The Hall–Kier alpha value is -11.9. The minimum atomic E-state index is -1.12. The Kier molecular flexibility index (Phi) is 34.8. The van der Waals surface area contributed by atoms with Crippen molar-refractivity contribution in [3.63, 3.8) is 0 Å². The van der Waals surface area contributed by atoms with Gasteiger partial charge in [-0.1, -0.05) is 156 Å². The molecule has 32 nitrogen and oxygen atoms in total. The highest BCUT2D eigenvalue weighted by Gasteiger charge is 2.51. The van der Waals surface area contributed by atoms with Crippen LogP contribution in [0, 0.1) is 24.7 Å². The van der Waals surface area contributed by atoms with Crippen LogP contribution in [-0.4, -0.2) is 195 Å². The van der Waals surface area contributed by atoms with Crippen molar-refractivity contribution >= 4 is 128 Å². The number of aliphatic hydroxyl groups is 1. The minimum Gasteiger partial charge on any atom is -0.491 e. The molecule has 6 aliphatic rings. The summed E-state index contributed by atoms with van der Waals surface area (Å²) < 4.78 is 19.7. The van der Waals surface area contributed by atoms with Crippen LogP contribution in [0.25, 0.3) is 20.9 Å². The first-order valence-corrected chi connectivity index (χ1v) is 51.7. The molecular weight excluding hydrogens is 1890 g/mol. The van der Waals surface area contributed by atoms with Gasteiger partial charge in [0, 0.05) is 68.5 Å². The van der Waals surface area contributed by atoms with Gasteiger partial charge in [0.05, 0.1) is 97.5 Å². The maximum Gasteiger partial charge on any atom is 0.246 e. The number of halogens is 2. The average Bonchev–Trinajstić information content (AvgIpc) is 1.59. The Balaban J connectivity index is 0.587. The SMILES string of the molecule is Cc1ncsc1-c1ccc([C@H](C)NC(=O)[C@@H]2C[C@@H](O)CN2C(=O)[C@@H](NC(=O)CCCCCc2ccc(Cl)c(OC[C@H](CCC(N)=O)NC(=O)[C@@H]3Cc4ccc(O[C@@H]5C[C@@H](C(=O)N[C@@H](C)c6ccc(-c7scnc7C)cc6)N(C(=O)[C@@H](NC(=O)CCCCCc6cc(OC[C@H](CCC(N)=O)NC(=O)[C@@H]7Cc8cccc9c8N7C(=O)[C@@H](N)CC9)ccc6Cl)C(C)(C)C)C5)c5c4N3C(=O)[C@@H](N)CC5)c2)C(C)(C)C)cc1. The van der Waals surface area contributed by atoms with Gasteiger partial charge < -0.3 is 84.0 Å². The third kappa shape index (κ3) is 25.8. The van der Waals surface area contributed by atoms with E-state index in [4.69, 9.17) is 60.3 Å². The van der Waals surface area contributed by atoms with Gasteiger partial charge in [-0.15, -0.1) is 22.7 Å². The van der Waals surface area contributed by atoms with Crippen LogP contribution in [0.5, 0.6) is 17.2 Å². The maximum absolute atomic E-state index is 15.6. The number of hydrogen-bond donors (Lipinski definition) is 11. The fraction of sp³-hybridized carbons (Fsp3) is 0.491. The van der Waals surface area contributed by atoms with Crippen LogP contribution in [0.3, 0.4) is 0 Å². The lowest BCUT2D eigenvalue weighted by Crippen LogP contribution is -2.57.